The molecule has 0 fully saturated rings. The first-order valence-corrected chi connectivity index (χ1v) is 19.5. The fourth-order valence-corrected chi connectivity index (χ4v) is 9.78. The summed E-state index contributed by atoms with van der Waals surface area (Å²) in [6.45, 7) is 14.6. The van der Waals surface area contributed by atoms with E-state index in [1.807, 2.05) is 0 Å². The van der Waals surface area contributed by atoms with Gasteiger partial charge >= 0.3 is 0 Å². The molecule has 0 aliphatic heterocycles. The van der Waals surface area contributed by atoms with E-state index in [4.69, 9.17) is 0 Å². The van der Waals surface area contributed by atoms with Crippen LogP contribution in [0.5, 0.6) is 0 Å². The average Bonchev–Trinajstić information content (AvgIpc) is 3.39. The van der Waals surface area contributed by atoms with Crippen LogP contribution in [0.4, 0.5) is 17.1 Å². The molecule has 0 N–H and O–H groups in total. The number of anilines is 3. The Morgan fingerprint density at radius 3 is 1.88 bits per heavy atom. The molecule has 0 spiro atoms. The monoisotopic (exact) mass is 677 g/mol. The van der Waals surface area contributed by atoms with Gasteiger partial charge in [-0.25, -0.2) is 0 Å². The molecule has 1 nitrogen and oxygen atoms in total. The number of hydrogen-bond acceptors (Lipinski definition) is 1. The van der Waals surface area contributed by atoms with Gasteiger partial charge in [0.1, 0.15) is 0 Å². The molecular formula is C51H51N. The van der Waals surface area contributed by atoms with Crippen molar-refractivity contribution in [2.24, 2.45) is 0 Å². The van der Waals surface area contributed by atoms with Gasteiger partial charge in [0, 0.05) is 16.7 Å². The Kier molecular flexibility index (Phi) is 7.67. The maximum absolute atomic E-state index is 2.59. The summed E-state index contributed by atoms with van der Waals surface area (Å²) in [7, 11) is 0. The van der Waals surface area contributed by atoms with Crippen LogP contribution in [0.1, 0.15) is 101 Å². The predicted octanol–water partition coefficient (Wildman–Crippen LogP) is 14.0. The van der Waals surface area contributed by atoms with Crippen molar-refractivity contribution in [3.63, 3.8) is 0 Å². The van der Waals surface area contributed by atoms with E-state index in [9.17, 15) is 0 Å². The van der Waals surface area contributed by atoms with E-state index in [2.05, 4.69) is 174 Å². The maximum atomic E-state index is 2.59. The van der Waals surface area contributed by atoms with Crippen LogP contribution in [0, 0.1) is 0 Å². The molecule has 0 aromatic heterocycles. The SMILES string of the molecule is CC1(C)CCC(C)(C)c2c(N(c3ccccc3)c3cc4c(cc3-c3ccc(-c5ccc6c(c5)CCCC6)cc3)-c3ccccc3C4(C)C)cccc21. The molecule has 0 amide bonds. The van der Waals surface area contributed by atoms with Crippen molar-refractivity contribution in [2.45, 2.75) is 96.3 Å². The summed E-state index contributed by atoms with van der Waals surface area (Å²) in [5.41, 5.74) is 20.4. The number of rotatable bonds is 5. The summed E-state index contributed by atoms with van der Waals surface area (Å²) in [6, 6.07) is 48.8. The van der Waals surface area contributed by atoms with Gasteiger partial charge in [-0.2, -0.15) is 0 Å². The zero-order valence-corrected chi connectivity index (χ0v) is 31.8. The first-order chi connectivity index (χ1) is 25.0. The van der Waals surface area contributed by atoms with Crippen LogP contribution in [0.25, 0.3) is 33.4 Å². The number of nitrogens with zero attached hydrogens (tertiary/aromatic N) is 1. The van der Waals surface area contributed by atoms with E-state index in [0.717, 1.165) is 6.42 Å². The molecule has 1 heteroatoms. The standard InChI is InChI=1S/C51H51N/c1-49(2)29-30-50(3,4)48-44(49)21-14-22-46(48)52(39-17-8-7-9-18-39)47-33-45-42(40-19-12-13-20-43(40)51(45,5)6)32-41(47)36-26-23-35(24-27-36)38-28-25-34-15-10-11-16-37(34)31-38/h7-9,12-14,17-28,31-33H,10-11,15-16,29-30H2,1-6H3. The van der Waals surface area contributed by atoms with Crippen LogP contribution in [0.15, 0.2) is 127 Å². The van der Waals surface area contributed by atoms with Gasteiger partial charge in [0.25, 0.3) is 0 Å². The molecule has 260 valence electrons. The topological polar surface area (TPSA) is 3.24 Å². The minimum Gasteiger partial charge on any atom is -0.310 e. The Bertz CT molecular complexity index is 2320. The van der Waals surface area contributed by atoms with Crippen molar-refractivity contribution in [3.8, 4) is 33.4 Å². The van der Waals surface area contributed by atoms with E-state index in [0.29, 0.717) is 0 Å². The molecule has 0 radical (unpaired) electrons. The fourth-order valence-electron chi connectivity index (χ4n) is 9.78. The maximum Gasteiger partial charge on any atom is 0.0543 e. The summed E-state index contributed by atoms with van der Waals surface area (Å²) in [4.78, 5) is 2.59. The molecule has 6 aromatic rings. The third-order valence-corrected chi connectivity index (χ3v) is 12.9. The largest absolute Gasteiger partial charge is 0.310 e. The van der Waals surface area contributed by atoms with Gasteiger partial charge in [-0.1, -0.05) is 139 Å². The van der Waals surface area contributed by atoms with E-state index in [-0.39, 0.29) is 16.2 Å². The van der Waals surface area contributed by atoms with Crippen LogP contribution in [0.3, 0.4) is 0 Å². The van der Waals surface area contributed by atoms with Crippen LogP contribution in [0.2, 0.25) is 0 Å². The normalized spacial score (nSPS) is 17.4. The van der Waals surface area contributed by atoms with Gasteiger partial charge in [-0.15, -0.1) is 0 Å². The predicted molar refractivity (Wildman–Crippen MR) is 221 cm³/mol. The minimum absolute atomic E-state index is 0.0391. The van der Waals surface area contributed by atoms with Crippen LogP contribution in [-0.4, -0.2) is 0 Å². The first-order valence-electron chi connectivity index (χ1n) is 19.5. The van der Waals surface area contributed by atoms with Gasteiger partial charge in [-0.3, -0.25) is 0 Å². The van der Waals surface area contributed by atoms with Crippen molar-refractivity contribution < 1.29 is 0 Å². The molecule has 0 unspecified atom stereocenters. The fraction of sp³-hybridized carbons (Fsp3) is 0.294. The van der Waals surface area contributed by atoms with Crippen molar-refractivity contribution in [1.29, 1.82) is 0 Å². The summed E-state index contributed by atoms with van der Waals surface area (Å²) < 4.78 is 0. The molecule has 0 atom stereocenters. The van der Waals surface area contributed by atoms with Crippen molar-refractivity contribution in [1.82, 2.24) is 0 Å². The van der Waals surface area contributed by atoms with Gasteiger partial charge in [0.2, 0.25) is 0 Å². The van der Waals surface area contributed by atoms with Gasteiger partial charge in [0.05, 0.1) is 11.4 Å². The molecule has 3 aliphatic carbocycles. The second kappa shape index (κ2) is 12.1. The second-order valence-electron chi connectivity index (χ2n) is 17.5. The van der Waals surface area contributed by atoms with Crippen molar-refractivity contribution >= 4 is 17.1 Å². The lowest BCUT2D eigenvalue weighted by Crippen LogP contribution is -2.35. The van der Waals surface area contributed by atoms with E-state index >= 15 is 0 Å². The second-order valence-corrected chi connectivity index (χ2v) is 17.5. The molecular weight excluding hydrogens is 627 g/mol. The number of para-hydroxylation sites is 1. The Labute approximate surface area is 311 Å². The summed E-state index contributed by atoms with van der Waals surface area (Å²) in [5.74, 6) is 0. The lowest BCUT2D eigenvalue weighted by molar-refractivity contribution is 0.332. The number of fused-ring (bicyclic) bond motifs is 5. The molecule has 0 saturated heterocycles. The van der Waals surface area contributed by atoms with Gasteiger partial charge < -0.3 is 4.90 Å². The molecule has 6 aromatic carbocycles. The zero-order chi connectivity index (χ0) is 35.8. The van der Waals surface area contributed by atoms with Crippen LogP contribution in [-0.2, 0) is 29.1 Å². The number of benzene rings is 6. The number of aryl methyl sites for hydroxylation is 2. The summed E-state index contributed by atoms with van der Waals surface area (Å²) in [6.07, 6.45) is 7.38. The van der Waals surface area contributed by atoms with Crippen LogP contribution >= 0.6 is 0 Å². The van der Waals surface area contributed by atoms with Crippen molar-refractivity contribution in [2.75, 3.05) is 4.90 Å². The third kappa shape index (κ3) is 5.27. The minimum atomic E-state index is -0.116. The van der Waals surface area contributed by atoms with Crippen molar-refractivity contribution in [3.05, 3.63) is 161 Å². The van der Waals surface area contributed by atoms with E-state index in [1.54, 1.807) is 0 Å². The Balaban J connectivity index is 1.29. The lowest BCUT2D eigenvalue weighted by atomic mass is 9.62. The highest BCUT2D eigenvalue weighted by Crippen LogP contribution is 2.56. The van der Waals surface area contributed by atoms with E-state index in [1.165, 1.54) is 116 Å². The average molecular weight is 678 g/mol. The Morgan fingerprint density at radius 2 is 1.10 bits per heavy atom. The Morgan fingerprint density at radius 1 is 0.442 bits per heavy atom. The van der Waals surface area contributed by atoms with Gasteiger partial charge in [-0.05, 0) is 141 Å². The molecule has 3 aliphatic rings. The molecule has 52 heavy (non-hydrogen) atoms. The Hall–Kier alpha value is -4.88. The smallest absolute Gasteiger partial charge is 0.0543 e. The summed E-state index contributed by atoms with van der Waals surface area (Å²) >= 11 is 0. The van der Waals surface area contributed by atoms with Crippen LogP contribution < -0.4 is 4.90 Å². The molecule has 0 heterocycles. The highest BCUT2D eigenvalue weighted by atomic mass is 15.1. The summed E-state index contributed by atoms with van der Waals surface area (Å²) in [5, 5.41) is 0. The number of hydrogen-bond donors (Lipinski definition) is 0. The highest BCUT2D eigenvalue weighted by molar-refractivity contribution is 5.95. The lowest BCUT2D eigenvalue weighted by Gasteiger charge is -2.45. The molecule has 0 bridgehead atoms. The van der Waals surface area contributed by atoms with E-state index < -0.39 is 0 Å². The first kappa shape index (κ1) is 33.0. The zero-order valence-electron chi connectivity index (χ0n) is 31.8. The molecule has 0 saturated carbocycles. The third-order valence-electron chi connectivity index (χ3n) is 12.9. The highest BCUT2D eigenvalue weighted by Gasteiger charge is 2.41. The van der Waals surface area contributed by atoms with Gasteiger partial charge in [0.15, 0.2) is 0 Å². The quantitative estimate of drug-likeness (QED) is 0.176. The molecule has 9 rings (SSSR count).